The van der Waals surface area contributed by atoms with Crippen molar-refractivity contribution in [1.82, 2.24) is 15.5 Å². The van der Waals surface area contributed by atoms with Gasteiger partial charge in [-0.05, 0) is 46.2 Å². The van der Waals surface area contributed by atoms with Gasteiger partial charge in [-0.25, -0.2) is 4.79 Å². The minimum absolute atomic E-state index is 0.0226. The highest BCUT2D eigenvalue weighted by molar-refractivity contribution is 6.51. The first-order valence-electron chi connectivity index (χ1n) is 9.32. The molecular weight excluding hydrogens is 361 g/mol. The van der Waals surface area contributed by atoms with Crippen molar-refractivity contribution in [2.24, 2.45) is 0 Å². The summed E-state index contributed by atoms with van der Waals surface area (Å²) in [7, 11) is 0.452. The Labute approximate surface area is 166 Å². The van der Waals surface area contributed by atoms with Crippen LogP contribution in [0, 0.1) is 0 Å². The van der Waals surface area contributed by atoms with E-state index in [1.54, 1.807) is 7.05 Å². The number of carbonyl (C=O) groups is 3. The molecule has 28 heavy (non-hydrogen) atoms. The van der Waals surface area contributed by atoms with Crippen molar-refractivity contribution in [1.29, 1.82) is 0 Å². The number of hydrogen-bond donors (Lipinski definition) is 2. The SMILES string of the molecule is CN1CC(=O)OB(C(CCc2ccccc2)NC(=O)NC(C)(C)C)OC(=O)C1. The van der Waals surface area contributed by atoms with E-state index in [2.05, 4.69) is 10.6 Å². The summed E-state index contributed by atoms with van der Waals surface area (Å²) in [6, 6.07) is 9.29. The van der Waals surface area contributed by atoms with Gasteiger partial charge in [-0.15, -0.1) is 0 Å². The Balaban J connectivity index is 2.13. The van der Waals surface area contributed by atoms with Crippen molar-refractivity contribution < 1.29 is 23.7 Å². The number of carbonyl (C=O) groups excluding carboxylic acids is 3. The standard InChI is InChI=1S/C19H28BN3O5/c1-19(2,3)22-18(26)21-15(11-10-14-8-6-5-7-9-14)20-27-16(24)12-23(4)13-17(25)28-20/h5-9,15H,10-13H2,1-4H3,(H2,21,22,26). The molecule has 1 fully saturated rings. The highest BCUT2D eigenvalue weighted by atomic mass is 16.6. The Bertz CT molecular complexity index is 673. The molecule has 0 spiro atoms. The Morgan fingerprint density at radius 2 is 1.71 bits per heavy atom. The third kappa shape index (κ3) is 7.60. The summed E-state index contributed by atoms with van der Waals surface area (Å²) in [4.78, 5) is 38.0. The van der Waals surface area contributed by atoms with E-state index in [-0.39, 0.29) is 13.1 Å². The summed E-state index contributed by atoms with van der Waals surface area (Å²) >= 11 is 0. The lowest BCUT2D eigenvalue weighted by atomic mass is 9.74. The number of likely N-dealkylation sites (N-methyl/N-ethyl adjacent to an activating group) is 1. The molecule has 1 atom stereocenters. The number of rotatable bonds is 5. The van der Waals surface area contributed by atoms with Crippen LogP contribution in [0.15, 0.2) is 30.3 Å². The van der Waals surface area contributed by atoms with Gasteiger partial charge >= 0.3 is 25.1 Å². The average molecular weight is 389 g/mol. The lowest BCUT2D eigenvalue weighted by Gasteiger charge is -2.29. The van der Waals surface area contributed by atoms with Gasteiger partial charge in [0.05, 0.1) is 19.0 Å². The van der Waals surface area contributed by atoms with Gasteiger partial charge in [-0.3, -0.25) is 14.5 Å². The molecule has 0 radical (unpaired) electrons. The molecule has 1 saturated heterocycles. The van der Waals surface area contributed by atoms with Crippen molar-refractivity contribution >= 4 is 25.1 Å². The van der Waals surface area contributed by atoms with Crippen molar-refractivity contribution in [2.75, 3.05) is 20.1 Å². The Morgan fingerprint density at radius 3 is 2.25 bits per heavy atom. The second-order valence-electron chi connectivity index (χ2n) is 8.00. The second kappa shape index (κ2) is 9.59. The van der Waals surface area contributed by atoms with Crippen LogP contribution in [0.4, 0.5) is 4.79 Å². The van der Waals surface area contributed by atoms with Gasteiger partial charge in [0.2, 0.25) is 0 Å². The van der Waals surface area contributed by atoms with E-state index in [0.717, 1.165) is 5.56 Å². The van der Waals surface area contributed by atoms with Gasteiger partial charge in [0.15, 0.2) is 0 Å². The number of amides is 2. The molecule has 0 bridgehead atoms. The Hall–Kier alpha value is -2.55. The Kier molecular flexibility index (Phi) is 7.45. The zero-order valence-electron chi connectivity index (χ0n) is 16.9. The van der Waals surface area contributed by atoms with E-state index in [1.807, 2.05) is 51.1 Å². The van der Waals surface area contributed by atoms with Gasteiger partial charge < -0.3 is 19.9 Å². The molecule has 2 amide bonds. The van der Waals surface area contributed by atoms with Crippen LogP contribution in [-0.2, 0) is 25.3 Å². The van der Waals surface area contributed by atoms with Gasteiger partial charge in [0.1, 0.15) is 0 Å². The molecule has 1 aromatic carbocycles. The third-order valence-corrected chi connectivity index (χ3v) is 4.01. The highest BCUT2D eigenvalue weighted by Gasteiger charge is 2.40. The molecule has 1 aromatic rings. The van der Waals surface area contributed by atoms with E-state index in [9.17, 15) is 14.4 Å². The molecule has 0 aromatic heterocycles. The molecule has 2 N–H and O–H groups in total. The molecule has 1 unspecified atom stereocenters. The zero-order chi connectivity index (χ0) is 20.7. The molecule has 2 rings (SSSR count). The number of nitrogens with one attached hydrogen (secondary N) is 2. The molecule has 0 aliphatic carbocycles. The number of hydrogen-bond acceptors (Lipinski definition) is 6. The fraction of sp³-hybridized carbons (Fsp3) is 0.526. The topological polar surface area (TPSA) is 97.0 Å². The number of benzene rings is 1. The van der Waals surface area contributed by atoms with E-state index >= 15 is 0 Å². The van der Waals surface area contributed by atoms with Crippen LogP contribution in [-0.4, -0.2) is 61.6 Å². The lowest BCUT2D eigenvalue weighted by Crippen LogP contribution is -2.57. The molecule has 1 aliphatic heterocycles. The van der Waals surface area contributed by atoms with Crippen LogP contribution in [0.5, 0.6) is 0 Å². The average Bonchev–Trinajstić information content (AvgIpc) is 2.55. The summed E-state index contributed by atoms with van der Waals surface area (Å²) < 4.78 is 10.7. The van der Waals surface area contributed by atoms with Crippen molar-refractivity contribution in [3.63, 3.8) is 0 Å². The number of aryl methyl sites for hydroxylation is 1. The largest absolute Gasteiger partial charge is 0.622 e. The van der Waals surface area contributed by atoms with Gasteiger partial charge in [-0.2, -0.15) is 0 Å². The van der Waals surface area contributed by atoms with Crippen LogP contribution >= 0.6 is 0 Å². The van der Waals surface area contributed by atoms with Crippen molar-refractivity contribution in [3.8, 4) is 0 Å². The number of urea groups is 1. The molecule has 152 valence electrons. The van der Waals surface area contributed by atoms with Crippen LogP contribution in [0.2, 0.25) is 0 Å². The molecule has 1 aliphatic rings. The maximum absolute atomic E-state index is 12.4. The van der Waals surface area contributed by atoms with Gasteiger partial charge in [0, 0.05) is 5.54 Å². The molecule has 9 heteroatoms. The normalized spacial score (nSPS) is 17.1. The summed E-state index contributed by atoms with van der Waals surface area (Å²) in [5.41, 5.74) is 0.624. The van der Waals surface area contributed by atoms with E-state index in [1.165, 1.54) is 4.90 Å². The predicted octanol–water partition coefficient (Wildman–Crippen LogP) is 1.14. The minimum atomic E-state index is -1.18. The fourth-order valence-electron chi connectivity index (χ4n) is 2.81. The fourth-order valence-corrected chi connectivity index (χ4v) is 2.81. The second-order valence-corrected chi connectivity index (χ2v) is 8.00. The molecule has 0 saturated carbocycles. The van der Waals surface area contributed by atoms with E-state index in [4.69, 9.17) is 9.31 Å². The first-order valence-corrected chi connectivity index (χ1v) is 9.32. The summed E-state index contributed by atoms with van der Waals surface area (Å²) in [6.45, 7) is 5.53. The predicted molar refractivity (Wildman–Crippen MR) is 105 cm³/mol. The van der Waals surface area contributed by atoms with Gasteiger partial charge in [0.25, 0.3) is 0 Å². The third-order valence-electron chi connectivity index (χ3n) is 4.01. The van der Waals surface area contributed by atoms with Crippen LogP contribution in [0.25, 0.3) is 0 Å². The van der Waals surface area contributed by atoms with Crippen molar-refractivity contribution in [2.45, 2.75) is 45.1 Å². The quantitative estimate of drug-likeness (QED) is 0.734. The lowest BCUT2D eigenvalue weighted by molar-refractivity contribution is -0.146. The highest BCUT2D eigenvalue weighted by Crippen LogP contribution is 2.12. The van der Waals surface area contributed by atoms with E-state index in [0.29, 0.717) is 12.8 Å². The van der Waals surface area contributed by atoms with Gasteiger partial charge in [-0.1, -0.05) is 30.3 Å². The van der Waals surface area contributed by atoms with Crippen LogP contribution in [0.3, 0.4) is 0 Å². The minimum Gasteiger partial charge on any atom is -0.497 e. The monoisotopic (exact) mass is 389 g/mol. The smallest absolute Gasteiger partial charge is 0.497 e. The summed E-state index contributed by atoms with van der Waals surface area (Å²) in [5, 5.41) is 5.60. The van der Waals surface area contributed by atoms with Crippen LogP contribution < -0.4 is 10.6 Å². The van der Waals surface area contributed by atoms with Crippen LogP contribution in [0.1, 0.15) is 32.8 Å². The van der Waals surface area contributed by atoms with E-state index < -0.39 is 36.6 Å². The maximum Gasteiger partial charge on any atom is 0.622 e. The number of nitrogens with zero attached hydrogens (tertiary/aromatic N) is 1. The van der Waals surface area contributed by atoms with Crippen molar-refractivity contribution in [3.05, 3.63) is 35.9 Å². The molecule has 1 heterocycles. The Morgan fingerprint density at radius 1 is 1.14 bits per heavy atom. The first-order chi connectivity index (χ1) is 13.1. The summed E-state index contributed by atoms with van der Waals surface area (Å²) in [6.07, 6.45) is 1.05. The first kappa shape index (κ1) is 21.8. The maximum atomic E-state index is 12.4. The molecule has 8 nitrogen and oxygen atoms in total. The zero-order valence-corrected chi connectivity index (χ0v) is 16.9. The molecular formula is C19H28BN3O5. The summed E-state index contributed by atoms with van der Waals surface area (Å²) in [5.74, 6) is -1.70.